The highest BCUT2D eigenvalue weighted by molar-refractivity contribution is 6.18. The van der Waals surface area contributed by atoms with Crippen molar-refractivity contribution in [1.29, 1.82) is 0 Å². The number of aromatic hydroxyl groups is 1. The first-order valence-corrected chi connectivity index (χ1v) is 7.43. The monoisotopic (exact) mass is 297 g/mol. The molecule has 0 spiro atoms. The number of hydrogen-bond donors (Lipinski definition) is 2. The summed E-state index contributed by atoms with van der Waals surface area (Å²) < 4.78 is 5.08. The Bertz CT molecular complexity index is 478. The first-order valence-electron chi connectivity index (χ1n) is 6.89. The van der Waals surface area contributed by atoms with Crippen LogP contribution in [0, 0.1) is 5.92 Å². The predicted octanol–water partition coefficient (Wildman–Crippen LogP) is 2.93. The molecule has 2 unspecified atom stereocenters. The van der Waals surface area contributed by atoms with Gasteiger partial charge in [-0.2, -0.15) is 0 Å². The van der Waals surface area contributed by atoms with Crippen LogP contribution in [0.2, 0.25) is 0 Å². The number of ether oxygens (including phenoxy) is 1. The molecule has 1 saturated carbocycles. The van der Waals surface area contributed by atoms with Gasteiger partial charge in [-0.1, -0.05) is 12.8 Å². The summed E-state index contributed by atoms with van der Waals surface area (Å²) in [7, 11) is 1.53. The van der Waals surface area contributed by atoms with Crippen LogP contribution in [0.25, 0.3) is 0 Å². The third-order valence-corrected chi connectivity index (χ3v) is 4.27. The van der Waals surface area contributed by atoms with Gasteiger partial charge in [0, 0.05) is 11.9 Å². The maximum Gasteiger partial charge on any atom is 0.255 e. The maximum absolute atomic E-state index is 12.3. The Kier molecular flexibility index (Phi) is 5.12. The van der Waals surface area contributed by atoms with E-state index in [1.165, 1.54) is 13.2 Å². The van der Waals surface area contributed by atoms with Crippen molar-refractivity contribution in [2.24, 2.45) is 5.92 Å². The molecule has 0 bridgehead atoms. The average molecular weight is 298 g/mol. The van der Waals surface area contributed by atoms with Gasteiger partial charge in [-0.15, -0.1) is 11.6 Å². The van der Waals surface area contributed by atoms with E-state index in [1.807, 2.05) is 0 Å². The van der Waals surface area contributed by atoms with Crippen molar-refractivity contribution in [3.63, 3.8) is 0 Å². The lowest BCUT2D eigenvalue weighted by atomic mass is 9.85. The van der Waals surface area contributed by atoms with Crippen molar-refractivity contribution >= 4 is 17.5 Å². The normalized spacial score (nSPS) is 22.3. The fourth-order valence-corrected chi connectivity index (χ4v) is 3.02. The highest BCUT2D eigenvalue weighted by Crippen LogP contribution is 2.27. The Hall–Kier alpha value is -1.42. The molecule has 1 aliphatic rings. The van der Waals surface area contributed by atoms with Gasteiger partial charge < -0.3 is 15.2 Å². The smallest absolute Gasteiger partial charge is 0.255 e. The minimum atomic E-state index is -0.275. The topological polar surface area (TPSA) is 58.6 Å². The summed E-state index contributed by atoms with van der Waals surface area (Å²) in [5, 5.41) is 12.8. The van der Waals surface area contributed by atoms with E-state index in [9.17, 15) is 9.90 Å². The quantitative estimate of drug-likeness (QED) is 0.840. The Balaban J connectivity index is 2.11. The molecule has 0 radical (unpaired) electrons. The second kappa shape index (κ2) is 6.84. The molecule has 2 rings (SSSR count). The number of rotatable bonds is 4. The summed E-state index contributed by atoms with van der Waals surface area (Å²) in [6.07, 6.45) is 4.24. The van der Waals surface area contributed by atoms with Gasteiger partial charge in [-0.05, 0) is 37.0 Å². The number of phenols is 1. The molecule has 110 valence electrons. The van der Waals surface area contributed by atoms with Gasteiger partial charge in [-0.25, -0.2) is 0 Å². The Morgan fingerprint density at radius 1 is 1.45 bits per heavy atom. The van der Waals surface area contributed by atoms with E-state index in [2.05, 4.69) is 5.32 Å². The van der Waals surface area contributed by atoms with Crippen molar-refractivity contribution in [3.05, 3.63) is 23.8 Å². The minimum Gasteiger partial charge on any atom is -0.507 e. The Morgan fingerprint density at radius 2 is 2.20 bits per heavy atom. The van der Waals surface area contributed by atoms with Crippen molar-refractivity contribution in [1.82, 2.24) is 5.32 Å². The molecule has 1 aromatic carbocycles. The third kappa shape index (κ3) is 3.37. The molecule has 0 aliphatic heterocycles. The van der Waals surface area contributed by atoms with Gasteiger partial charge in [0.1, 0.15) is 11.5 Å². The minimum absolute atomic E-state index is 0.0402. The lowest BCUT2D eigenvalue weighted by Crippen LogP contribution is -2.42. The first-order chi connectivity index (χ1) is 9.65. The van der Waals surface area contributed by atoms with E-state index in [4.69, 9.17) is 16.3 Å². The molecule has 1 fully saturated rings. The number of alkyl halides is 1. The zero-order valence-electron chi connectivity index (χ0n) is 11.6. The van der Waals surface area contributed by atoms with Gasteiger partial charge in [0.15, 0.2) is 0 Å². The van der Waals surface area contributed by atoms with Crippen molar-refractivity contribution in [3.8, 4) is 11.5 Å². The van der Waals surface area contributed by atoms with Crippen molar-refractivity contribution in [2.45, 2.75) is 31.7 Å². The number of hydrogen-bond acceptors (Lipinski definition) is 3. The van der Waals surface area contributed by atoms with Crippen LogP contribution in [0.1, 0.15) is 36.0 Å². The van der Waals surface area contributed by atoms with Crippen LogP contribution >= 0.6 is 11.6 Å². The van der Waals surface area contributed by atoms with E-state index in [1.54, 1.807) is 12.1 Å². The van der Waals surface area contributed by atoms with Crippen LogP contribution in [0.15, 0.2) is 18.2 Å². The lowest BCUT2D eigenvalue weighted by molar-refractivity contribution is 0.0908. The Morgan fingerprint density at radius 3 is 2.90 bits per heavy atom. The standard InChI is InChI=1S/C15H20ClNO3/c1-20-11-6-7-14(18)12(8-11)15(19)17-13-5-3-2-4-10(13)9-16/h6-8,10,13,18H,2-5,9H2,1H3,(H,17,19). The van der Waals surface area contributed by atoms with E-state index >= 15 is 0 Å². The number of nitrogens with one attached hydrogen (secondary N) is 1. The molecule has 0 heterocycles. The number of benzene rings is 1. The number of methoxy groups -OCH3 is 1. The second-order valence-corrected chi connectivity index (χ2v) is 5.47. The molecular weight excluding hydrogens is 278 g/mol. The average Bonchev–Trinajstić information content (AvgIpc) is 2.48. The summed E-state index contributed by atoms with van der Waals surface area (Å²) in [6, 6.07) is 4.71. The van der Waals surface area contributed by atoms with Gasteiger partial charge in [0.2, 0.25) is 0 Å². The zero-order chi connectivity index (χ0) is 14.5. The van der Waals surface area contributed by atoms with Crippen LogP contribution in [0.3, 0.4) is 0 Å². The second-order valence-electron chi connectivity index (χ2n) is 5.16. The van der Waals surface area contributed by atoms with E-state index in [0.29, 0.717) is 17.5 Å². The molecular formula is C15H20ClNO3. The summed E-state index contributed by atoms with van der Waals surface area (Å²) >= 11 is 5.96. The Labute approximate surface area is 124 Å². The largest absolute Gasteiger partial charge is 0.507 e. The molecule has 2 atom stereocenters. The number of carbonyl (C=O) groups is 1. The molecule has 1 aliphatic carbocycles. The molecule has 0 aromatic heterocycles. The summed E-state index contributed by atoms with van der Waals surface area (Å²) in [5.41, 5.74) is 0.239. The fraction of sp³-hybridized carbons (Fsp3) is 0.533. The number of phenolic OH excluding ortho intramolecular Hbond substituents is 1. The van der Waals surface area contributed by atoms with E-state index in [0.717, 1.165) is 25.7 Å². The van der Waals surface area contributed by atoms with Crippen molar-refractivity contribution < 1.29 is 14.6 Å². The third-order valence-electron chi connectivity index (χ3n) is 3.87. The number of halogens is 1. The zero-order valence-corrected chi connectivity index (χ0v) is 12.3. The fourth-order valence-electron chi connectivity index (χ4n) is 2.65. The molecule has 2 N–H and O–H groups in total. The summed E-state index contributed by atoms with van der Waals surface area (Å²) in [4.78, 5) is 12.3. The van der Waals surface area contributed by atoms with E-state index in [-0.39, 0.29) is 23.3 Å². The van der Waals surface area contributed by atoms with Gasteiger partial charge in [0.05, 0.1) is 12.7 Å². The highest BCUT2D eigenvalue weighted by Gasteiger charge is 2.26. The number of carbonyl (C=O) groups excluding carboxylic acids is 1. The van der Waals surface area contributed by atoms with Gasteiger partial charge >= 0.3 is 0 Å². The van der Waals surface area contributed by atoms with Crippen LogP contribution in [-0.2, 0) is 0 Å². The van der Waals surface area contributed by atoms with Crippen LogP contribution in [0.4, 0.5) is 0 Å². The van der Waals surface area contributed by atoms with Gasteiger partial charge in [-0.3, -0.25) is 4.79 Å². The molecule has 4 nitrogen and oxygen atoms in total. The number of amides is 1. The first kappa shape index (κ1) is 15.0. The van der Waals surface area contributed by atoms with E-state index < -0.39 is 0 Å². The molecule has 0 saturated heterocycles. The summed E-state index contributed by atoms with van der Waals surface area (Å²) in [6.45, 7) is 0. The predicted molar refractivity (Wildman–Crippen MR) is 78.6 cm³/mol. The molecule has 5 heteroatoms. The highest BCUT2D eigenvalue weighted by atomic mass is 35.5. The van der Waals surface area contributed by atoms with Crippen molar-refractivity contribution in [2.75, 3.05) is 13.0 Å². The van der Waals surface area contributed by atoms with Crippen LogP contribution < -0.4 is 10.1 Å². The van der Waals surface area contributed by atoms with Crippen LogP contribution in [0.5, 0.6) is 11.5 Å². The van der Waals surface area contributed by atoms with Gasteiger partial charge in [0.25, 0.3) is 5.91 Å². The SMILES string of the molecule is COc1ccc(O)c(C(=O)NC2CCCCC2CCl)c1. The van der Waals surface area contributed by atoms with Crippen LogP contribution in [-0.4, -0.2) is 30.0 Å². The molecule has 20 heavy (non-hydrogen) atoms. The summed E-state index contributed by atoms with van der Waals surface area (Å²) in [5.74, 6) is 1.09. The maximum atomic E-state index is 12.3. The molecule has 1 amide bonds. The molecule has 1 aromatic rings. The lowest BCUT2D eigenvalue weighted by Gasteiger charge is -2.30.